The highest BCUT2D eigenvalue weighted by atomic mass is 16.2. The summed E-state index contributed by atoms with van der Waals surface area (Å²) in [6.07, 6.45) is 10.9. The summed E-state index contributed by atoms with van der Waals surface area (Å²) in [5.74, 6) is 0.411. The molecule has 0 bridgehead atoms. The van der Waals surface area contributed by atoms with Crippen molar-refractivity contribution in [3.05, 3.63) is 0 Å². The summed E-state index contributed by atoms with van der Waals surface area (Å²) < 4.78 is 0. The Bertz CT molecular complexity index is 384. The lowest BCUT2D eigenvalue weighted by molar-refractivity contribution is -0.131. The third-order valence-electron chi connectivity index (χ3n) is 6.51. The van der Waals surface area contributed by atoms with Crippen LogP contribution >= 0.6 is 0 Å². The zero-order valence-electron chi connectivity index (χ0n) is 15.1. The molecule has 0 aliphatic carbocycles. The number of hydrogen-bond donors (Lipinski definition) is 0. The Balaban J connectivity index is 1.41. The Morgan fingerprint density at radius 2 is 1.57 bits per heavy atom. The molecule has 0 aromatic heterocycles. The topological polar surface area (TPSA) is 26.8 Å². The minimum absolute atomic E-state index is 0.411. The second kappa shape index (κ2) is 7.98. The average molecular weight is 322 g/mol. The number of amides is 1. The lowest BCUT2D eigenvalue weighted by Gasteiger charge is -2.40. The van der Waals surface area contributed by atoms with Crippen LogP contribution in [0.1, 0.15) is 57.8 Å². The summed E-state index contributed by atoms with van der Waals surface area (Å²) in [4.78, 5) is 19.7. The normalized spacial score (nSPS) is 26.6. The van der Waals surface area contributed by atoms with E-state index in [1.165, 1.54) is 71.1 Å². The van der Waals surface area contributed by atoms with Gasteiger partial charge in [0.05, 0.1) is 0 Å². The molecule has 0 saturated carbocycles. The maximum Gasteiger partial charge on any atom is 0.222 e. The first kappa shape index (κ1) is 17.2. The van der Waals surface area contributed by atoms with Crippen molar-refractivity contribution in [2.45, 2.75) is 57.8 Å². The molecule has 0 radical (unpaired) electrons. The van der Waals surface area contributed by atoms with Crippen LogP contribution in [-0.4, -0.2) is 73.5 Å². The Hall–Kier alpha value is -0.610. The van der Waals surface area contributed by atoms with Crippen LogP contribution in [0.25, 0.3) is 0 Å². The predicted octanol–water partition coefficient (Wildman–Crippen LogP) is 2.59. The smallest absolute Gasteiger partial charge is 0.222 e. The largest absolute Gasteiger partial charge is 0.343 e. The van der Waals surface area contributed by atoms with Crippen LogP contribution in [0.15, 0.2) is 0 Å². The molecule has 23 heavy (non-hydrogen) atoms. The van der Waals surface area contributed by atoms with Crippen molar-refractivity contribution >= 4 is 5.91 Å². The molecule has 3 aliphatic heterocycles. The van der Waals surface area contributed by atoms with Gasteiger partial charge in [0.1, 0.15) is 0 Å². The van der Waals surface area contributed by atoms with Crippen LogP contribution in [-0.2, 0) is 4.79 Å². The highest BCUT2D eigenvalue weighted by Gasteiger charge is 2.35. The Morgan fingerprint density at radius 1 is 0.870 bits per heavy atom. The van der Waals surface area contributed by atoms with Crippen molar-refractivity contribution in [3.63, 3.8) is 0 Å². The van der Waals surface area contributed by atoms with Crippen LogP contribution in [0.3, 0.4) is 0 Å². The molecule has 4 nitrogen and oxygen atoms in total. The number of carbonyl (C=O) groups is 1. The van der Waals surface area contributed by atoms with Gasteiger partial charge in [-0.1, -0.05) is 0 Å². The number of rotatable bonds is 4. The first-order chi connectivity index (χ1) is 11.2. The van der Waals surface area contributed by atoms with E-state index in [2.05, 4.69) is 21.7 Å². The van der Waals surface area contributed by atoms with E-state index in [1.54, 1.807) is 0 Å². The van der Waals surface area contributed by atoms with Crippen molar-refractivity contribution in [1.29, 1.82) is 0 Å². The second-order valence-electron chi connectivity index (χ2n) is 8.19. The maximum absolute atomic E-state index is 12.5. The standard InChI is InChI=1S/C19H35N3O/c1-20-15-8-19(9-16-20)7-5-14-22(17-10-19)18(23)6-4-13-21-11-2-3-12-21/h2-17H2,1H3. The zero-order chi connectivity index (χ0) is 16.1. The molecular formula is C19H35N3O. The van der Waals surface area contributed by atoms with E-state index in [-0.39, 0.29) is 0 Å². The fourth-order valence-corrected chi connectivity index (χ4v) is 4.71. The third kappa shape index (κ3) is 4.69. The lowest BCUT2D eigenvalue weighted by atomic mass is 9.73. The number of piperidine rings is 1. The summed E-state index contributed by atoms with van der Waals surface area (Å²) in [6, 6.07) is 0. The molecule has 1 spiro atoms. The molecule has 4 heteroatoms. The second-order valence-corrected chi connectivity index (χ2v) is 8.19. The van der Waals surface area contributed by atoms with Gasteiger partial charge < -0.3 is 14.7 Å². The molecular weight excluding hydrogens is 286 g/mol. The van der Waals surface area contributed by atoms with Crippen LogP contribution in [0.2, 0.25) is 0 Å². The van der Waals surface area contributed by atoms with E-state index in [4.69, 9.17) is 0 Å². The monoisotopic (exact) mass is 321 g/mol. The number of likely N-dealkylation sites (tertiary alicyclic amines) is 3. The summed E-state index contributed by atoms with van der Waals surface area (Å²) in [5.41, 5.74) is 0.539. The molecule has 3 saturated heterocycles. The fraction of sp³-hybridized carbons (Fsp3) is 0.947. The quantitative estimate of drug-likeness (QED) is 0.796. The first-order valence-electron chi connectivity index (χ1n) is 9.86. The highest BCUT2D eigenvalue weighted by Crippen LogP contribution is 2.40. The first-order valence-corrected chi connectivity index (χ1v) is 9.86. The van der Waals surface area contributed by atoms with Crippen LogP contribution in [0.5, 0.6) is 0 Å². The minimum atomic E-state index is 0.411. The van der Waals surface area contributed by atoms with E-state index in [1.807, 2.05) is 0 Å². The molecule has 0 aromatic rings. The highest BCUT2D eigenvalue weighted by molar-refractivity contribution is 5.76. The molecule has 0 atom stereocenters. The van der Waals surface area contributed by atoms with E-state index in [0.717, 1.165) is 32.5 Å². The van der Waals surface area contributed by atoms with E-state index < -0.39 is 0 Å². The van der Waals surface area contributed by atoms with Crippen molar-refractivity contribution in [2.24, 2.45) is 5.41 Å². The number of nitrogens with zero attached hydrogens (tertiary/aromatic N) is 3. The van der Waals surface area contributed by atoms with Gasteiger partial charge in [0.25, 0.3) is 0 Å². The lowest BCUT2D eigenvalue weighted by Crippen LogP contribution is -2.39. The van der Waals surface area contributed by atoms with Crippen LogP contribution < -0.4 is 0 Å². The van der Waals surface area contributed by atoms with E-state index in [0.29, 0.717) is 11.3 Å². The van der Waals surface area contributed by atoms with Gasteiger partial charge in [-0.2, -0.15) is 0 Å². The molecule has 1 amide bonds. The number of hydrogen-bond acceptors (Lipinski definition) is 3. The van der Waals surface area contributed by atoms with Gasteiger partial charge in [-0.25, -0.2) is 0 Å². The van der Waals surface area contributed by atoms with Gasteiger partial charge in [0.15, 0.2) is 0 Å². The van der Waals surface area contributed by atoms with Gasteiger partial charge in [-0.05, 0) is 96.6 Å². The molecule has 0 aromatic carbocycles. The summed E-state index contributed by atoms with van der Waals surface area (Å²) in [6.45, 7) is 8.10. The van der Waals surface area contributed by atoms with Crippen molar-refractivity contribution in [3.8, 4) is 0 Å². The Labute approximate surface area is 142 Å². The van der Waals surface area contributed by atoms with Crippen molar-refractivity contribution in [2.75, 3.05) is 52.9 Å². The molecule has 132 valence electrons. The molecule has 3 rings (SSSR count). The third-order valence-corrected chi connectivity index (χ3v) is 6.51. The van der Waals surface area contributed by atoms with Crippen LogP contribution in [0, 0.1) is 5.41 Å². The van der Waals surface area contributed by atoms with Gasteiger partial charge in [-0.15, -0.1) is 0 Å². The van der Waals surface area contributed by atoms with Gasteiger partial charge in [0.2, 0.25) is 5.91 Å². The summed E-state index contributed by atoms with van der Waals surface area (Å²) in [7, 11) is 2.24. The van der Waals surface area contributed by atoms with Crippen molar-refractivity contribution < 1.29 is 4.79 Å². The Kier molecular flexibility index (Phi) is 5.97. The summed E-state index contributed by atoms with van der Waals surface area (Å²) in [5, 5.41) is 0. The zero-order valence-corrected chi connectivity index (χ0v) is 15.1. The van der Waals surface area contributed by atoms with Crippen LogP contribution in [0.4, 0.5) is 0 Å². The summed E-state index contributed by atoms with van der Waals surface area (Å²) >= 11 is 0. The van der Waals surface area contributed by atoms with Crippen molar-refractivity contribution in [1.82, 2.24) is 14.7 Å². The van der Waals surface area contributed by atoms with Gasteiger partial charge >= 0.3 is 0 Å². The van der Waals surface area contributed by atoms with E-state index >= 15 is 0 Å². The molecule has 0 N–H and O–H groups in total. The van der Waals surface area contributed by atoms with Gasteiger partial charge in [-0.3, -0.25) is 4.79 Å². The maximum atomic E-state index is 12.5. The fourth-order valence-electron chi connectivity index (χ4n) is 4.71. The number of carbonyl (C=O) groups excluding carboxylic acids is 1. The average Bonchev–Trinajstić information content (AvgIpc) is 2.98. The molecule has 3 aliphatic rings. The van der Waals surface area contributed by atoms with E-state index in [9.17, 15) is 4.79 Å². The molecule has 0 unspecified atom stereocenters. The minimum Gasteiger partial charge on any atom is -0.343 e. The predicted molar refractivity (Wildman–Crippen MR) is 94.5 cm³/mol. The van der Waals surface area contributed by atoms with Gasteiger partial charge in [0, 0.05) is 19.5 Å². The molecule has 3 fully saturated rings. The SMILES string of the molecule is CN1CCC2(CCCN(C(=O)CCCN3CCCC3)CC2)CC1. The Morgan fingerprint density at radius 3 is 2.30 bits per heavy atom. The molecule has 3 heterocycles.